The molecule has 4 rings (SSSR count). The molecule has 0 aromatic heterocycles. The molecule has 0 atom stereocenters. The molecule has 0 unspecified atom stereocenters. The van der Waals surface area contributed by atoms with Gasteiger partial charge in [0.1, 0.15) is 11.5 Å². The Bertz CT molecular complexity index is 909. The number of phenolic OH excluding ortho intramolecular Hbond substituents is 2. The van der Waals surface area contributed by atoms with Crippen molar-refractivity contribution in [2.45, 2.75) is 104 Å². The summed E-state index contributed by atoms with van der Waals surface area (Å²) in [6.07, 6.45) is 8.79. The van der Waals surface area contributed by atoms with Gasteiger partial charge in [0, 0.05) is 73.6 Å². The van der Waals surface area contributed by atoms with Crippen molar-refractivity contribution in [2.24, 2.45) is 0 Å². The number of hydrogen-bond acceptors (Lipinski definition) is 2. The molecule has 0 fully saturated rings. The van der Waals surface area contributed by atoms with Crippen molar-refractivity contribution in [3.8, 4) is 22.6 Å². The SMILES string of the molecule is CC(C)(C)c1cc2c(c(-c3c(O)c(C(C)(C)C)cc4c3CCCC4)c1O)CCCC2.[K]. The summed E-state index contributed by atoms with van der Waals surface area (Å²) in [5.74, 6) is 0.773. The van der Waals surface area contributed by atoms with Crippen molar-refractivity contribution in [1.29, 1.82) is 0 Å². The second-order valence-electron chi connectivity index (χ2n) is 11.5. The van der Waals surface area contributed by atoms with E-state index in [4.69, 9.17) is 0 Å². The molecule has 0 saturated carbocycles. The minimum Gasteiger partial charge on any atom is -0.507 e. The molecule has 0 aliphatic heterocycles. The van der Waals surface area contributed by atoms with Crippen LogP contribution in [0, 0.1) is 0 Å². The molecule has 0 amide bonds. The maximum Gasteiger partial charge on any atom is 0.127 e. The van der Waals surface area contributed by atoms with E-state index in [9.17, 15) is 10.2 Å². The van der Waals surface area contributed by atoms with Crippen LogP contribution in [0.5, 0.6) is 11.5 Å². The average molecular weight is 446 g/mol. The molecule has 0 bridgehead atoms. The van der Waals surface area contributed by atoms with Crippen LogP contribution in [0.2, 0.25) is 0 Å². The van der Waals surface area contributed by atoms with E-state index < -0.39 is 0 Å². The van der Waals surface area contributed by atoms with Crippen LogP contribution in [0.4, 0.5) is 0 Å². The molecule has 0 spiro atoms. The van der Waals surface area contributed by atoms with Crippen molar-refractivity contribution in [2.75, 3.05) is 0 Å². The third-order valence-corrected chi connectivity index (χ3v) is 7.11. The van der Waals surface area contributed by atoms with Gasteiger partial charge < -0.3 is 10.2 Å². The molecule has 0 heterocycles. The Morgan fingerprint density at radius 3 is 1.23 bits per heavy atom. The maximum absolute atomic E-state index is 11.6. The zero-order valence-electron chi connectivity index (χ0n) is 20.7. The smallest absolute Gasteiger partial charge is 0.127 e. The van der Waals surface area contributed by atoms with Crippen molar-refractivity contribution in [3.05, 3.63) is 45.5 Å². The van der Waals surface area contributed by atoms with E-state index >= 15 is 0 Å². The number of phenols is 2. The van der Waals surface area contributed by atoms with Gasteiger partial charge in [0.15, 0.2) is 0 Å². The molecule has 2 aliphatic carbocycles. The fourth-order valence-electron chi connectivity index (χ4n) is 5.47. The van der Waals surface area contributed by atoms with Gasteiger partial charge in [-0.1, -0.05) is 53.7 Å². The Labute approximate surface area is 231 Å². The van der Waals surface area contributed by atoms with Crippen molar-refractivity contribution < 1.29 is 10.2 Å². The number of benzene rings is 2. The van der Waals surface area contributed by atoms with Crippen LogP contribution in [0.15, 0.2) is 12.1 Å². The van der Waals surface area contributed by atoms with Gasteiger partial charge in [-0.05, 0) is 84.5 Å². The Morgan fingerprint density at radius 1 is 0.581 bits per heavy atom. The monoisotopic (exact) mass is 445 g/mol. The van der Waals surface area contributed by atoms with Crippen LogP contribution in [0.1, 0.15) is 101 Å². The van der Waals surface area contributed by atoms with Crippen LogP contribution in [0.3, 0.4) is 0 Å². The van der Waals surface area contributed by atoms with E-state index in [0.29, 0.717) is 11.5 Å². The average Bonchev–Trinajstić information content (AvgIpc) is 2.66. The third-order valence-electron chi connectivity index (χ3n) is 7.11. The molecule has 2 aliphatic rings. The quantitative estimate of drug-likeness (QED) is 0.477. The van der Waals surface area contributed by atoms with Gasteiger partial charge in [-0.25, -0.2) is 0 Å². The Hall–Kier alpha value is -0.324. The molecule has 3 heteroatoms. The van der Waals surface area contributed by atoms with Crippen molar-refractivity contribution >= 4 is 51.4 Å². The van der Waals surface area contributed by atoms with Gasteiger partial charge in [-0.3, -0.25) is 0 Å². The van der Waals surface area contributed by atoms with Crippen molar-refractivity contribution in [1.82, 2.24) is 0 Å². The number of aromatic hydroxyl groups is 2. The van der Waals surface area contributed by atoms with E-state index in [0.717, 1.165) is 60.8 Å². The summed E-state index contributed by atoms with van der Waals surface area (Å²) < 4.78 is 0. The fourth-order valence-corrected chi connectivity index (χ4v) is 5.47. The van der Waals surface area contributed by atoms with Gasteiger partial charge >= 0.3 is 0 Å². The zero-order chi connectivity index (χ0) is 21.8. The molecule has 2 aromatic rings. The second kappa shape index (κ2) is 9.14. The Morgan fingerprint density at radius 2 is 0.903 bits per heavy atom. The predicted molar refractivity (Wildman–Crippen MR) is 132 cm³/mol. The molecule has 2 N–H and O–H groups in total. The van der Waals surface area contributed by atoms with Crippen LogP contribution >= 0.6 is 0 Å². The number of fused-ring (bicyclic) bond motifs is 2. The number of hydrogen-bond donors (Lipinski definition) is 2. The number of aryl methyl sites for hydroxylation is 2. The molecule has 0 saturated heterocycles. The van der Waals surface area contributed by atoms with Gasteiger partial charge in [0.25, 0.3) is 0 Å². The standard InChI is InChI=1S/C28H38O2.K/c1-27(2,3)21-15-17-11-7-9-13-19(17)23(25(21)29)24-20-14-10-8-12-18(20)16-22(26(24)30)28(4,5)6;/h15-16,29-30H,7-14H2,1-6H3;. The van der Waals surface area contributed by atoms with E-state index in [1.165, 1.54) is 35.1 Å². The Balaban J connectivity index is 0.00000272. The predicted octanol–water partition coefficient (Wildman–Crippen LogP) is 6.74. The largest absolute Gasteiger partial charge is 0.507 e. The number of rotatable bonds is 1. The van der Waals surface area contributed by atoms with Gasteiger partial charge in [0.05, 0.1) is 0 Å². The van der Waals surface area contributed by atoms with Gasteiger partial charge in [-0.15, -0.1) is 0 Å². The first-order valence-corrected chi connectivity index (χ1v) is 11.8. The van der Waals surface area contributed by atoms with E-state index in [-0.39, 0.29) is 62.2 Å². The summed E-state index contributed by atoms with van der Waals surface area (Å²) in [7, 11) is 0. The van der Waals surface area contributed by atoms with Crippen LogP contribution in [-0.4, -0.2) is 61.6 Å². The third kappa shape index (κ3) is 4.68. The molecular weight excluding hydrogens is 407 g/mol. The van der Waals surface area contributed by atoms with Crippen LogP contribution in [-0.2, 0) is 36.5 Å². The van der Waals surface area contributed by atoms with E-state index in [2.05, 4.69) is 53.7 Å². The van der Waals surface area contributed by atoms with Crippen molar-refractivity contribution in [3.63, 3.8) is 0 Å². The first-order chi connectivity index (χ1) is 14.0. The summed E-state index contributed by atoms with van der Waals surface area (Å²) in [5.41, 5.74) is 8.82. The summed E-state index contributed by atoms with van der Waals surface area (Å²) >= 11 is 0. The first kappa shape index (κ1) is 25.3. The molecular formula is C28H38KO2. The minimum absolute atomic E-state index is 0. The molecule has 1 radical (unpaired) electrons. The summed E-state index contributed by atoms with van der Waals surface area (Å²) in [5, 5.41) is 23.3. The molecule has 163 valence electrons. The first-order valence-electron chi connectivity index (χ1n) is 11.8. The molecule has 2 aromatic carbocycles. The summed E-state index contributed by atoms with van der Waals surface area (Å²) in [6.45, 7) is 13.0. The van der Waals surface area contributed by atoms with Crippen LogP contribution in [0.25, 0.3) is 11.1 Å². The van der Waals surface area contributed by atoms with E-state index in [1.54, 1.807) is 0 Å². The molecule has 2 nitrogen and oxygen atoms in total. The van der Waals surface area contributed by atoms with Gasteiger partial charge in [0.2, 0.25) is 0 Å². The normalized spacial score (nSPS) is 16.3. The van der Waals surface area contributed by atoms with Crippen LogP contribution < -0.4 is 0 Å². The van der Waals surface area contributed by atoms with E-state index in [1.807, 2.05) is 0 Å². The summed E-state index contributed by atoms with van der Waals surface area (Å²) in [4.78, 5) is 0. The second-order valence-corrected chi connectivity index (χ2v) is 11.5. The fraction of sp³-hybridized carbons (Fsp3) is 0.571. The van der Waals surface area contributed by atoms with Gasteiger partial charge in [-0.2, -0.15) is 0 Å². The molecule has 31 heavy (non-hydrogen) atoms. The summed E-state index contributed by atoms with van der Waals surface area (Å²) in [6, 6.07) is 4.48. The zero-order valence-corrected chi connectivity index (χ0v) is 23.8. The topological polar surface area (TPSA) is 40.5 Å². The maximum atomic E-state index is 11.6. The minimum atomic E-state index is -0.150. The Kier molecular flexibility index (Phi) is 7.46.